The van der Waals surface area contributed by atoms with E-state index >= 15 is 0 Å². The number of aromatic nitrogens is 3. The quantitative estimate of drug-likeness (QED) is 0.660. The third-order valence-electron chi connectivity index (χ3n) is 4.42. The van der Waals surface area contributed by atoms with Crippen LogP contribution in [0.5, 0.6) is 0 Å². The zero-order valence-electron chi connectivity index (χ0n) is 16.2. The predicted molar refractivity (Wildman–Crippen MR) is 104 cm³/mol. The number of nitriles is 1. The van der Waals surface area contributed by atoms with Gasteiger partial charge >= 0.3 is 11.9 Å². The molecule has 3 aromatic rings. The van der Waals surface area contributed by atoms with Crippen molar-refractivity contribution in [3.8, 4) is 17.4 Å². The Bertz CT molecular complexity index is 1120. The minimum Gasteiger partial charge on any atom is -0.464 e. The molecule has 0 aliphatic heterocycles. The summed E-state index contributed by atoms with van der Waals surface area (Å²) in [7, 11) is 1.25. The molecule has 2 N–H and O–H groups in total. The SMILES string of the molecule is CCOC(=O)c1cnn(-c2ccc(-n3cc(C#N)c(N)c3C(=O)OC)cc2)c1C. The van der Waals surface area contributed by atoms with Crippen LogP contribution >= 0.6 is 0 Å². The van der Waals surface area contributed by atoms with Gasteiger partial charge in [-0.15, -0.1) is 0 Å². The zero-order chi connectivity index (χ0) is 21.1. The fourth-order valence-corrected chi connectivity index (χ4v) is 2.95. The van der Waals surface area contributed by atoms with E-state index in [2.05, 4.69) is 5.10 Å². The van der Waals surface area contributed by atoms with Gasteiger partial charge in [-0.1, -0.05) is 0 Å². The van der Waals surface area contributed by atoms with Gasteiger partial charge in [0.05, 0.1) is 42.5 Å². The molecule has 148 valence electrons. The second-order valence-corrected chi connectivity index (χ2v) is 6.07. The number of ether oxygens (including phenoxy) is 2. The maximum absolute atomic E-state index is 12.1. The smallest absolute Gasteiger partial charge is 0.357 e. The summed E-state index contributed by atoms with van der Waals surface area (Å²) < 4.78 is 12.9. The summed E-state index contributed by atoms with van der Waals surface area (Å²) >= 11 is 0. The number of hydrogen-bond donors (Lipinski definition) is 1. The van der Waals surface area contributed by atoms with E-state index in [-0.39, 0.29) is 23.6 Å². The fourth-order valence-electron chi connectivity index (χ4n) is 2.95. The summed E-state index contributed by atoms with van der Waals surface area (Å²) in [5, 5.41) is 13.5. The second-order valence-electron chi connectivity index (χ2n) is 6.07. The molecule has 0 atom stereocenters. The number of rotatable bonds is 5. The van der Waals surface area contributed by atoms with Crippen LogP contribution in [0.3, 0.4) is 0 Å². The topological polar surface area (TPSA) is 125 Å². The first-order valence-corrected chi connectivity index (χ1v) is 8.74. The van der Waals surface area contributed by atoms with Crippen molar-refractivity contribution in [3.63, 3.8) is 0 Å². The number of hydrogen-bond acceptors (Lipinski definition) is 7. The lowest BCUT2D eigenvalue weighted by Gasteiger charge is -2.10. The summed E-state index contributed by atoms with van der Waals surface area (Å²) in [5.41, 5.74) is 8.59. The third kappa shape index (κ3) is 3.43. The minimum absolute atomic E-state index is 0.0606. The summed E-state index contributed by atoms with van der Waals surface area (Å²) in [4.78, 5) is 24.1. The van der Waals surface area contributed by atoms with Gasteiger partial charge in [-0.25, -0.2) is 14.3 Å². The Morgan fingerprint density at radius 2 is 1.86 bits per heavy atom. The lowest BCUT2D eigenvalue weighted by Crippen LogP contribution is -2.11. The van der Waals surface area contributed by atoms with Gasteiger partial charge in [-0.3, -0.25) is 0 Å². The van der Waals surface area contributed by atoms with E-state index in [0.717, 1.165) is 0 Å². The third-order valence-corrected chi connectivity index (χ3v) is 4.42. The highest BCUT2D eigenvalue weighted by Crippen LogP contribution is 2.25. The molecule has 0 radical (unpaired) electrons. The maximum atomic E-state index is 12.1. The first-order chi connectivity index (χ1) is 13.9. The number of nitrogens with two attached hydrogens (primary N) is 1. The first-order valence-electron chi connectivity index (χ1n) is 8.74. The molecular formula is C20H19N5O4. The number of carbonyl (C=O) groups is 2. The molecule has 0 aliphatic rings. The van der Waals surface area contributed by atoms with Crippen molar-refractivity contribution in [2.75, 3.05) is 19.5 Å². The van der Waals surface area contributed by atoms with Crippen molar-refractivity contribution in [2.45, 2.75) is 13.8 Å². The second kappa shape index (κ2) is 7.90. The van der Waals surface area contributed by atoms with Gasteiger partial charge in [-0.2, -0.15) is 10.4 Å². The Morgan fingerprint density at radius 1 is 1.21 bits per heavy atom. The van der Waals surface area contributed by atoms with Crippen LogP contribution in [0.2, 0.25) is 0 Å². The van der Waals surface area contributed by atoms with E-state index in [0.29, 0.717) is 22.6 Å². The lowest BCUT2D eigenvalue weighted by atomic mass is 10.2. The van der Waals surface area contributed by atoms with E-state index in [1.165, 1.54) is 24.1 Å². The maximum Gasteiger partial charge on any atom is 0.357 e. The number of nitrogen functional groups attached to an aromatic ring is 1. The highest BCUT2D eigenvalue weighted by molar-refractivity contribution is 5.96. The van der Waals surface area contributed by atoms with Crippen molar-refractivity contribution >= 4 is 17.6 Å². The number of esters is 2. The van der Waals surface area contributed by atoms with E-state index < -0.39 is 11.9 Å². The number of nitrogens with zero attached hydrogens (tertiary/aromatic N) is 4. The molecular weight excluding hydrogens is 374 g/mol. The van der Waals surface area contributed by atoms with E-state index in [1.807, 2.05) is 6.07 Å². The van der Waals surface area contributed by atoms with Crippen LogP contribution in [0.4, 0.5) is 5.69 Å². The van der Waals surface area contributed by atoms with E-state index in [9.17, 15) is 14.9 Å². The molecule has 0 fully saturated rings. The molecule has 0 saturated heterocycles. The van der Waals surface area contributed by atoms with Gasteiger partial charge in [0, 0.05) is 11.9 Å². The first kappa shape index (κ1) is 19.7. The molecule has 0 unspecified atom stereocenters. The molecule has 2 aromatic heterocycles. The van der Waals surface area contributed by atoms with Crippen molar-refractivity contribution in [1.82, 2.24) is 14.3 Å². The van der Waals surface area contributed by atoms with Gasteiger partial charge in [-0.05, 0) is 38.1 Å². The fraction of sp³-hybridized carbons (Fsp3) is 0.200. The van der Waals surface area contributed by atoms with Crippen LogP contribution in [0.1, 0.15) is 39.0 Å². The van der Waals surface area contributed by atoms with Gasteiger partial charge < -0.3 is 19.8 Å². The molecule has 1 aromatic carbocycles. The van der Waals surface area contributed by atoms with Gasteiger partial charge in [0.15, 0.2) is 5.69 Å². The summed E-state index contributed by atoms with van der Waals surface area (Å²) in [6.07, 6.45) is 2.94. The van der Waals surface area contributed by atoms with Crippen molar-refractivity contribution < 1.29 is 19.1 Å². The van der Waals surface area contributed by atoms with Crippen molar-refractivity contribution in [1.29, 1.82) is 5.26 Å². The Hall–Kier alpha value is -4.06. The van der Waals surface area contributed by atoms with Crippen LogP contribution in [0.25, 0.3) is 11.4 Å². The molecule has 3 rings (SSSR count). The summed E-state index contributed by atoms with van der Waals surface area (Å²) in [6.45, 7) is 3.80. The van der Waals surface area contributed by atoms with Gasteiger partial charge in [0.2, 0.25) is 0 Å². The molecule has 2 heterocycles. The summed E-state index contributed by atoms with van der Waals surface area (Å²) in [5.74, 6) is -1.07. The Balaban J connectivity index is 2.00. The number of carbonyl (C=O) groups excluding carboxylic acids is 2. The number of methoxy groups -OCH3 is 1. The average molecular weight is 393 g/mol. The van der Waals surface area contributed by atoms with E-state index in [1.54, 1.807) is 42.8 Å². The van der Waals surface area contributed by atoms with Crippen molar-refractivity contribution in [2.24, 2.45) is 0 Å². The molecule has 0 amide bonds. The monoisotopic (exact) mass is 393 g/mol. The molecule has 0 saturated carbocycles. The van der Waals surface area contributed by atoms with Crippen LogP contribution in [-0.2, 0) is 9.47 Å². The van der Waals surface area contributed by atoms with Crippen LogP contribution in [-0.4, -0.2) is 40.0 Å². The molecule has 9 nitrogen and oxygen atoms in total. The molecule has 0 bridgehead atoms. The molecule has 9 heteroatoms. The molecule has 0 spiro atoms. The van der Waals surface area contributed by atoms with Crippen LogP contribution < -0.4 is 5.73 Å². The standard InChI is InChI=1S/C20H19N5O4/c1-4-29-19(26)16-10-23-25(12(16)2)15-7-5-14(6-8-15)24-11-13(9-21)17(22)18(24)20(27)28-3/h5-8,10-11H,4,22H2,1-3H3. The largest absolute Gasteiger partial charge is 0.464 e. The Labute approximate surface area is 166 Å². The predicted octanol–water partition coefficient (Wildman–Crippen LogP) is 2.39. The number of benzene rings is 1. The molecule has 0 aliphatic carbocycles. The number of anilines is 1. The van der Waals surface area contributed by atoms with Crippen LogP contribution in [0.15, 0.2) is 36.7 Å². The van der Waals surface area contributed by atoms with Gasteiger partial charge in [0.1, 0.15) is 11.6 Å². The Kier molecular flexibility index (Phi) is 5.36. The van der Waals surface area contributed by atoms with E-state index in [4.69, 9.17) is 15.2 Å². The van der Waals surface area contributed by atoms with Crippen molar-refractivity contribution in [3.05, 3.63) is 59.2 Å². The normalized spacial score (nSPS) is 10.4. The average Bonchev–Trinajstić information content (AvgIpc) is 3.27. The highest BCUT2D eigenvalue weighted by atomic mass is 16.5. The van der Waals surface area contributed by atoms with Gasteiger partial charge in [0.25, 0.3) is 0 Å². The highest BCUT2D eigenvalue weighted by Gasteiger charge is 2.22. The zero-order valence-corrected chi connectivity index (χ0v) is 16.2. The Morgan fingerprint density at radius 3 is 2.45 bits per heavy atom. The summed E-state index contributed by atoms with van der Waals surface area (Å²) in [6, 6.07) is 8.99. The lowest BCUT2D eigenvalue weighted by molar-refractivity contribution is 0.0524. The van der Waals surface area contributed by atoms with Crippen LogP contribution in [0, 0.1) is 18.3 Å². The minimum atomic E-state index is -0.643. The molecule has 29 heavy (non-hydrogen) atoms.